The molecule has 0 unspecified atom stereocenters. The van der Waals surface area contributed by atoms with Gasteiger partial charge in [-0.2, -0.15) is 0 Å². The maximum absolute atomic E-state index is 11.1. The summed E-state index contributed by atoms with van der Waals surface area (Å²) in [6.07, 6.45) is 3.57. The molecule has 28 heavy (non-hydrogen) atoms. The summed E-state index contributed by atoms with van der Waals surface area (Å²) in [7, 11) is 1.75. The van der Waals surface area contributed by atoms with Gasteiger partial charge in [0.1, 0.15) is 12.4 Å². The molecule has 1 heterocycles. The molecule has 1 aromatic heterocycles. The van der Waals surface area contributed by atoms with Gasteiger partial charge in [0.25, 0.3) is 0 Å². The van der Waals surface area contributed by atoms with Gasteiger partial charge in [0.05, 0.1) is 5.52 Å². The lowest BCUT2D eigenvalue weighted by molar-refractivity contribution is -0.135. The average molecular weight is 377 g/mol. The standard InChI is InChI=1S/C23H27N3O2/c1-3-4-8-13-24-18-11-12-21-20(14-18)19(17-9-6-5-7-10-17)15-22(25-21)26(2)16-23(27)28/h5-7,9-12,14-15,24H,3-4,8,13,16H2,1-2H3,(H,27,28). The third kappa shape index (κ3) is 4.80. The molecule has 5 heteroatoms. The smallest absolute Gasteiger partial charge is 0.323 e. The Morgan fingerprint density at radius 1 is 1.11 bits per heavy atom. The summed E-state index contributed by atoms with van der Waals surface area (Å²) in [6, 6.07) is 18.3. The fourth-order valence-electron chi connectivity index (χ4n) is 3.27. The van der Waals surface area contributed by atoms with E-state index in [-0.39, 0.29) is 6.54 Å². The van der Waals surface area contributed by atoms with Crippen LogP contribution < -0.4 is 10.2 Å². The molecule has 0 amide bonds. The molecule has 2 aromatic carbocycles. The van der Waals surface area contributed by atoms with E-state index in [9.17, 15) is 4.79 Å². The monoisotopic (exact) mass is 377 g/mol. The van der Waals surface area contributed by atoms with Crippen molar-refractivity contribution in [3.05, 3.63) is 54.6 Å². The first-order valence-corrected chi connectivity index (χ1v) is 9.75. The second-order valence-corrected chi connectivity index (χ2v) is 7.01. The number of nitrogens with one attached hydrogen (secondary N) is 1. The number of anilines is 2. The maximum atomic E-state index is 11.1. The number of aromatic nitrogens is 1. The van der Waals surface area contributed by atoms with E-state index in [2.05, 4.69) is 30.4 Å². The van der Waals surface area contributed by atoms with Gasteiger partial charge in [-0.1, -0.05) is 50.1 Å². The van der Waals surface area contributed by atoms with Crippen molar-refractivity contribution in [3.8, 4) is 11.1 Å². The number of likely N-dealkylation sites (N-methyl/N-ethyl adjacent to an activating group) is 1. The summed E-state index contributed by atoms with van der Waals surface area (Å²) in [5, 5.41) is 13.7. The minimum absolute atomic E-state index is 0.0934. The van der Waals surface area contributed by atoms with Crippen LogP contribution in [0.15, 0.2) is 54.6 Å². The van der Waals surface area contributed by atoms with Crippen LogP contribution in [-0.4, -0.2) is 36.2 Å². The number of rotatable bonds is 9. The lowest BCUT2D eigenvalue weighted by Gasteiger charge is -2.19. The quantitative estimate of drug-likeness (QED) is 0.512. The Bertz CT molecular complexity index is 941. The Kier molecular flexibility index (Phi) is 6.48. The zero-order valence-corrected chi connectivity index (χ0v) is 16.5. The highest BCUT2D eigenvalue weighted by atomic mass is 16.4. The van der Waals surface area contributed by atoms with Crippen LogP contribution in [0.3, 0.4) is 0 Å². The Balaban J connectivity index is 2.03. The molecule has 0 fully saturated rings. The fourth-order valence-corrected chi connectivity index (χ4v) is 3.27. The van der Waals surface area contributed by atoms with E-state index >= 15 is 0 Å². The van der Waals surface area contributed by atoms with E-state index < -0.39 is 5.97 Å². The topological polar surface area (TPSA) is 65.5 Å². The average Bonchev–Trinajstić information content (AvgIpc) is 2.70. The third-order valence-corrected chi connectivity index (χ3v) is 4.75. The van der Waals surface area contributed by atoms with E-state index in [1.165, 1.54) is 12.8 Å². The maximum Gasteiger partial charge on any atom is 0.323 e. The zero-order chi connectivity index (χ0) is 19.9. The molecule has 0 bridgehead atoms. The van der Waals surface area contributed by atoms with Crippen LogP contribution in [0.2, 0.25) is 0 Å². The fraction of sp³-hybridized carbons (Fsp3) is 0.304. The largest absolute Gasteiger partial charge is 0.480 e. The first-order chi connectivity index (χ1) is 13.6. The van der Waals surface area contributed by atoms with Crippen molar-refractivity contribution in [1.29, 1.82) is 0 Å². The van der Waals surface area contributed by atoms with Crippen LogP contribution in [0, 0.1) is 0 Å². The Hall–Kier alpha value is -3.08. The van der Waals surface area contributed by atoms with Gasteiger partial charge in [0, 0.05) is 24.7 Å². The van der Waals surface area contributed by atoms with E-state index in [1.807, 2.05) is 36.4 Å². The van der Waals surface area contributed by atoms with Crippen molar-refractivity contribution in [2.45, 2.75) is 26.2 Å². The van der Waals surface area contributed by atoms with Gasteiger partial charge in [0.15, 0.2) is 0 Å². The van der Waals surface area contributed by atoms with Crippen LogP contribution in [0.4, 0.5) is 11.5 Å². The highest BCUT2D eigenvalue weighted by Gasteiger charge is 2.13. The minimum atomic E-state index is -0.878. The molecule has 0 saturated carbocycles. The van der Waals surface area contributed by atoms with Crippen molar-refractivity contribution in [1.82, 2.24) is 4.98 Å². The van der Waals surface area contributed by atoms with E-state index in [1.54, 1.807) is 11.9 Å². The van der Waals surface area contributed by atoms with Crippen LogP contribution in [0.1, 0.15) is 26.2 Å². The van der Waals surface area contributed by atoms with Crippen molar-refractivity contribution in [2.24, 2.45) is 0 Å². The Labute approximate surface area is 166 Å². The van der Waals surface area contributed by atoms with Crippen LogP contribution in [-0.2, 0) is 4.79 Å². The van der Waals surface area contributed by atoms with Crippen LogP contribution in [0.25, 0.3) is 22.0 Å². The number of hydrogen-bond donors (Lipinski definition) is 2. The summed E-state index contributed by atoms with van der Waals surface area (Å²) in [6.45, 7) is 3.06. The number of hydrogen-bond acceptors (Lipinski definition) is 4. The van der Waals surface area contributed by atoms with Crippen LogP contribution in [0.5, 0.6) is 0 Å². The molecule has 0 aliphatic heterocycles. The number of carboxylic acids is 1. The van der Waals surface area contributed by atoms with Gasteiger partial charge in [0.2, 0.25) is 0 Å². The minimum Gasteiger partial charge on any atom is -0.480 e. The van der Waals surface area contributed by atoms with Gasteiger partial charge in [-0.05, 0) is 41.8 Å². The molecule has 0 aliphatic carbocycles. The number of nitrogens with zero attached hydrogens (tertiary/aromatic N) is 2. The molecule has 0 spiro atoms. The summed E-state index contributed by atoms with van der Waals surface area (Å²) in [4.78, 5) is 17.5. The summed E-state index contributed by atoms with van der Waals surface area (Å²) < 4.78 is 0. The second kappa shape index (κ2) is 9.22. The van der Waals surface area contributed by atoms with E-state index in [4.69, 9.17) is 10.1 Å². The summed E-state index contributed by atoms with van der Waals surface area (Å²) in [5.74, 6) is -0.227. The number of carboxylic acid groups (broad SMARTS) is 1. The van der Waals surface area contributed by atoms with E-state index in [0.717, 1.165) is 40.7 Å². The highest BCUT2D eigenvalue weighted by molar-refractivity contribution is 5.98. The SMILES string of the molecule is CCCCCNc1ccc2nc(N(C)CC(=O)O)cc(-c3ccccc3)c2c1. The number of fused-ring (bicyclic) bond motifs is 1. The van der Waals surface area contributed by atoms with Crippen molar-refractivity contribution in [3.63, 3.8) is 0 Å². The predicted molar refractivity (Wildman–Crippen MR) is 116 cm³/mol. The van der Waals surface area contributed by atoms with Crippen molar-refractivity contribution < 1.29 is 9.90 Å². The lowest BCUT2D eigenvalue weighted by Crippen LogP contribution is -2.26. The molecular weight excluding hydrogens is 350 g/mol. The molecule has 0 aliphatic rings. The molecular formula is C23H27N3O2. The third-order valence-electron chi connectivity index (χ3n) is 4.75. The van der Waals surface area contributed by atoms with Crippen molar-refractivity contribution >= 4 is 28.4 Å². The number of carbonyl (C=O) groups is 1. The van der Waals surface area contributed by atoms with E-state index in [0.29, 0.717) is 5.82 Å². The molecule has 146 valence electrons. The number of benzene rings is 2. The molecule has 2 N–H and O–H groups in total. The first kappa shape index (κ1) is 19.7. The Morgan fingerprint density at radius 3 is 2.61 bits per heavy atom. The van der Waals surface area contributed by atoms with Crippen molar-refractivity contribution in [2.75, 3.05) is 30.4 Å². The van der Waals surface area contributed by atoms with Gasteiger partial charge >= 0.3 is 5.97 Å². The number of pyridine rings is 1. The second-order valence-electron chi connectivity index (χ2n) is 7.01. The normalized spacial score (nSPS) is 10.8. The van der Waals surface area contributed by atoms with Gasteiger partial charge in [-0.25, -0.2) is 4.98 Å². The molecule has 0 radical (unpaired) electrons. The summed E-state index contributed by atoms with van der Waals surface area (Å²) >= 11 is 0. The first-order valence-electron chi connectivity index (χ1n) is 9.75. The van der Waals surface area contributed by atoms with Gasteiger partial charge in [-0.3, -0.25) is 4.79 Å². The molecule has 0 saturated heterocycles. The summed E-state index contributed by atoms with van der Waals surface area (Å²) in [5.41, 5.74) is 4.07. The van der Waals surface area contributed by atoms with Gasteiger partial charge < -0.3 is 15.3 Å². The molecule has 0 atom stereocenters. The molecule has 3 rings (SSSR count). The number of unbranched alkanes of at least 4 members (excludes halogenated alkanes) is 2. The molecule has 5 nitrogen and oxygen atoms in total. The predicted octanol–water partition coefficient (Wildman–Crippen LogP) is 5.02. The molecule has 3 aromatic rings. The highest BCUT2D eigenvalue weighted by Crippen LogP contribution is 2.32. The van der Waals surface area contributed by atoms with Gasteiger partial charge in [-0.15, -0.1) is 0 Å². The van der Waals surface area contributed by atoms with Crippen LogP contribution >= 0.6 is 0 Å². The number of aliphatic carboxylic acids is 1. The zero-order valence-electron chi connectivity index (χ0n) is 16.5. The lowest BCUT2D eigenvalue weighted by atomic mass is 10.0. The Morgan fingerprint density at radius 2 is 1.89 bits per heavy atom.